The van der Waals surface area contributed by atoms with Crippen LogP contribution in [0.3, 0.4) is 0 Å². The zero-order valence-electron chi connectivity index (χ0n) is 12.5. The first-order chi connectivity index (χ1) is 9.69. The molecule has 0 spiro atoms. The third kappa shape index (κ3) is 2.57. The van der Waals surface area contributed by atoms with Gasteiger partial charge in [-0.2, -0.15) is 10.2 Å². The maximum atomic E-state index is 4.58. The highest BCUT2D eigenvalue weighted by atomic mass is 15.3. The quantitative estimate of drug-likeness (QED) is 0.880. The van der Waals surface area contributed by atoms with E-state index < -0.39 is 0 Å². The molecule has 1 saturated carbocycles. The Kier molecular flexibility index (Phi) is 3.51. The first-order valence-electron chi connectivity index (χ1n) is 7.49. The van der Waals surface area contributed by atoms with Crippen molar-refractivity contribution in [3.05, 3.63) is 29.7 Å². The number of aromatic nitrogens is 4. The summed E-state index contributed by atoms with van der Waals surface area (Å²) in [5, 5.41) is 12.5. The van der Waals surface area contributed by atoms with Gasteiger partial charge in [0.15, 0.2) is 0 Å². The summed E-state index contributed by atoms with van der Waals surface area (Å²) in [6, 6.07) is 4.70. The van der Waals surface area contributed by atoms with Crippen molar-refractivity contribution in [1.29, 1.82) is 0 Å². The number of rotatable bonds is 6. The Morgan fingerprint density at radius 3 is 2.95 bits per heavy atom. The number of hydrogen-bond acceptors (Lipinski definition) is 3. The van der Waals surface area contributed by atoms with Gasteiger partial charge in [0.25, 0.3) is 0 Å². The molecule has 0 saturated heterocycles. The number of nitrogens with one attached hydrogen (secondary N) is 1. The van der Waals surface area contributed by atoms with Crippen molar-refractivity contribution in [1.82, 2.24) is 19.6 Å². The van der Waals surface area contributed by atoms with E-state index >= 15 is 0 Å². The van der Waals surface area contributed by atoms with E-state index in [2.05, 4.69) is 46.2 Å². The fourth-order valence-electron chi connectivity index (χ4n) is 2.47. The van der Waals surface area contributed by atoms with Gasteiger partial charge in [-0.05, 0) is 32.3 Å². The van der Waals surface area contributed by atoms with Crippen LogP contribution < -0.4 is 5.32 Å². The van der Waals surface area contributed by atoms with Crippen LogP contribution in [0.2, 0.25) is 0 Å². The van der Waals surface area contributed by atoms with E-state index in [1.54, 1.807) is 0 Å². The van der Waals surface area contributed by atoms with E-state index in [-0.39, 0.29) is 0 Å². The number of anilines is 1. The van der Waals surface area contributed by atoms with Gasteiger partial charge in [0, 0.05) is 31.3 Å². The van der Waals surface area contributed by atoms with Gasteiger partial charge in [-0.1, -0.05) is 6.92 Å². The monoisotopic (exact) mass is 273 g/mol. The van der Waals surface area contributed by atoms with Crippen molar-refractivity contribution in [2.45, 2.75) is 51.6 Å². The van der Waals surface area contributed by atoms with Crippen LogP contribution in [-0.2, 0) is 13.6 Å². The zero-order chi connectivity index (χ0) is 14.1. The van der Waals surface area contributed by atoms with Crippen molar-refractivity contribution >= 4 is 5.82 Å². The predicted octanol–water partition coefficient (Wildman–Crippen LogP) is 3.08. The fraction of sp³-hybridized carbons (Fsp3) is 0.600. The van der Waals surface area contributed by atoms with Gasteiger partial charge in [-0.25, -0.2) is 0 Å². The van der Waals surface area contributed by atoms with Gasteiger partial charge in [-0.3, -0.25) is 9.36 Å². The Bertz CT molecular complexity index is 579. The molecule has 0 bridgehead atoms. The largest absolute Gasteiger partial charge is 0.365 e. The zero-order valence-corrected chi connectivity index (χ0v) is 12.5. The highest BCUT2D eigenvalue weighted by Gasteiger charge is 2.26. The molecule has 0 amide bonds. The summed E-state index contributed by atoms with van der Waals surface area (Å²) in [6.45, 7) is 5.17. The summed E-state index contributed by atoms with van der Waals surface area (Å²) in [7, 11) is 2.00. The van der Waals surface area contributed by atoms with Crippen molar-refractivity contribution in [3.63, 3.8) is 0 Å². The summed E-state index contributed by atoms with van der Waals surface area (Å²) in [6.07, 6.45) is 5.54. The standard InChI is InChI=1S/C15H23N5/c1-4-11(2)20-13(7-8-17-20)10-16-15-9-14(12-5-6-12)18-19(15)3/h7-9,11-12,16H,4-6,10H2,1-3H3/t11-/m0/s1. The summed E-state index contributed by atoms with van der Waals surface area (Å²) >= 11 is 0. The van der Waals surface area contributed by atoms with Crippen molar-refractivity contribution in [2.75, 3.05) is 5.32 Å². The Morgan fingerprint density at radius 2 is 2.25 bits per heavy atom. The SMILES string of the molecule is CC[C@H](C)n1nccc1CNc1cc(C2CC2)nn1C. The molecule has 1 N–H and O–H groups in total. The molecule has 1 aliphatic rings. The summed E-state index contributed by atoms with van der Waals surface area (Å²) < 4.78 is 4.04. The average molecular weight is 273 g/mol. The molecule has 0 radical (unpaired) electrons. The third-order valence-corrected chi connectivity index (χ3v) is 4.11. The van der Waals surface area contributed by atoms with Crippen LogP contribution in [0.4, 0.5) is 5.82 Å². The van der Waals surface area contributed by atoms with Gasteiger partial charge in [0.1, 0.15) is 5.82 Å². The lowest BCUT2D eigenvalue weighted by molar-refractivity contribution is 0.462. The van der Waals surface area contributed by atoms with Crippen LogP contribution in [-0.4, -0.2) is 19.6 Å². The molecule has 108 valence electrons. The van der Waals surface area contributed by atoms with E-state index in [0.717, 1.165) is 18.8 Å². The minimum Gasteiger partial charge on any atom is -0.365 e. The van der Waals surface area contributed by atoms with Crippen LogP contribution >= 0.6 is 0 Å². The van der Waals surface area contributed by atoms with Gasteiger partial charge >= 0.3 is 0 Å². The highest BCUT2D eigenvalue weighted by molar-refractivity contribution is 5.39. The molecule has 3 rings (SSSR count). The molecular weight excluding hydrogens is 250 g/mol. The molecule has 0 aliphatic heterocycles. The Labute approximate surface area is 120 Å². The molecular formula is C15H23N5. The maximum Gasteiger partial charge on any atom is 0.124 e. The molecule has 1 aliphatic carbocycles. The molecule has 1 fully saturated rings. The van der Waals surface area contributed by atoms with Crippen LogP contribution in [0, 0.1) is 0 Å². The minimum absolute atomic E-state index is 0.440. The highest BCUT2D eigenvalue weighted by Crippen LogP contribution is 2.39. The van der Waals surface area contributed by atoms with Gasteiger partial charge < -0.3 is 5.32 Å². The van der Waals surface area contributed by atoms with Crippen molar-refractivity contribution in [3.8, 4) is 0 Å². The number of hydrogen-bond donors (Lipinski definition) is 1. The van der Waals surface area contributed by atoms with Gasteiger partial charge in [0.2, 0.25) is 0 Å². The molecule has 1 atom stereocenters. The van der Waals surface area contributed by atoms with Crippen LogP contribution in [0.5, 0.6) is 0 Å². The molecule has 2 aromatic rings. The molecule has 0 aromatic carbocycles. The molecule has 5 heteroatoms. The molecule has 5 nitrogen and oxygen atoms in total. The molecule has 0 unspecified atom stereocenters. The topological polar surface area (TPSA) is 47.7 Å². The first kappa shape index (κ1) is 13.2. The van der Waals surface area contributed by atoms with E-state index in [1.165, 1.54) is 24.2 Å². The van der Waals surface area contributed by atoms with Crippen molar-refractivity contribution in [2.24, 2.45) is 7.05 Å². The van der Waals surface area contributed by atoms with E-state index in [1.807, 2.05) is 17.9 Å². The smallest absolute Gasteiger partial charge is 0.124 e. The summed E-state index contributed by atoms with van der Waals surface area (Å²) in [4.78, 5) is 0. The summed E-state index contributed by atoms with van der Waals surface area (Å²) in [5.74, 6) is 1.78. The van der Waals surface area contributed by atoms with Crippen molar-refractivity contribution < 1.29 is 0 Å². The van der Waals surface area contributed by atoms with E-state index in [0.29, 0.717) is 12.0 Å². The second-order valence-corrected chi connectivity index (χ2v) is 5.73. The lowest BCUT2D eigenvalue weighted by Crippen LogP contribution is -2.13. The predicted molar refractivity (Wildman–Crippen MR) is 79.7 cm³/mol. The maximum absolute atomic E-state index is 4.58. The minimum atomic E-state index is 0.440. The van der Waals surface area contributed by atoms with E-state index in [9.17, 15) is 0 Å². The number of nitrogens with zero attached hydrogens (tertiary/aromatic N) is 4. The molecule has 2 heterocycles. The summed E-state index contributed by atoms with van der Waals surface area (Å²) in [5.41, 5.74) is 2.44. The van der Waals surface area contributed by atoms with Crippen LogP contribution in [0.1, 0.15) is 56.5 Å². The van der Waals surface area contributed by atoms with Crippen LogP contribution in [0.25, 0.3) is 0 Å². The fourth-order valence-corrected chi connectivity index (χ4v) is 2.47. The second-order valence-electron chi connectivity index (χ2n) is 5.73. The Balaban J connectivity index is 1.68. The van der Waals surface area contributed by atoms with Gasteiger partial charge in [0.05, 0.1) is 17.9 Å². The first-order valence-corrected chi connectivity index (χ1v) is 7.49. The van der Waals surface area contributed by atoms with Gasteiger partial charge in [-0.15, -0.1) is 0 Å². The number of aryl methyl sites for hydroxylation is 1. The Hall–Kier alpha value is -1.78. The van der Waals surface area contributed by atoms with Crippen LogP contribution in [0.15, 0.2) is 18.3 Å². The van der Waals surface area contributed by atoms with E-state index in [4.69, 9.17) is 0 Å². The second kappa shape index (κ2) is 5.31. The third-order valence-electron chi connectivity index (χ3n) is 4.11. The Morgan fingerprint density at radius 1 is 1.45 bits per heavy atom. The molecule has 2 aromatic heterocycles. The average Bonchev–Trinajstić information content (AvgIpc) is 3.08. The lowest BCUT2D eigenvalue weighted by Gasteiger charge is -2.14. The normalized spacial score (nSPS) is 16.4. The molecule has 20 heavy (non-hydrogen) atoms. The lowest BCUT2D eigenvalue weighted by atomic mass is 10.2.